The molecule has 1 aliphatic rings. The zero-order chi connectivity index (χ0) is 11.3. The topological polar surface area (TPSA) is 58.6 Å². The van der Waals surface area contributed by atoms with E-state index >= 15 is 0 Å². The van der Waals surface area contributed by atoms with Gasteiger partial charge in [0.2, 0.25) is 0 Å². The van der Waals surface area contributed by atoms with Gasteiger partial charge in [-0.05, 0) is 31.7 Å². The Kier molecular flexibility index (Phi) is 5.05. The summed E-state index contributed by atoms with van der Waals surface area (Å²) < 4.78 is 5.31. The van der Waals surface area contributed by atoms with Crippen LogP contribution in [0.1, 0.15) is 26.2 Å². The van der Waals surface area contributed by atoms with Gasteiger partial charge >= 0.3 is 5.97 Å². The first-order chi connectivity index (χ1) is 7.15. The molecular formula is C11H21NO3. The molecule has 2 atom stereocenters. The number of ether oxygens (including phenoxy) is 1. The highest BCUT2D eigenvalue weighted by atomic mass is 16.5. The van der Waals surface area contributed by atoms with Gasteiger partial charge in [-0.15, -0.1) is 0 Å². The molecule has 0 saturated carbocycles. The normalized spacial score (nSPS) is 22.3. The number of rotatable bonds is 5. The lowest BCUT2D eigenvalue weighted by atomic mass is 9.83. The molecule has 1 saturated heterocycles. The van der Waals surface area contributed by atoms with E-state index in [-0.39, 0.29) is 12.3 Å². The number of hydrogen-bond donors (Lipinski definition) is 2. The molecule has 0 radical (unpaired) electrons. The van der Waals surface area contributed by atoms with E-state index in [0.717, 1.165) is 26.1 Å². The van der Waals surface area contributed by atoms with Gasteiger partial charge in [0.05, 0.1) is 0 Å². The van der Waals surface area contributed by atoms with Crippen LogP contribution in [0.4, 0.5) is 0 Å². The van der Waals surface area contributed by atoms with Gasteiger partial charge in [0.25, 0.3) is 0 Å². The van der Waals surface area contributed by atoms with E-state index < -0.39 is 5.97 Å². The van der Waals surface area contributed by atoms with E-state index in [1.54, 1.807) is 0 Å². The van der Waals surface area contributed by atoms with Crippen LogP contribution in [0.2, 0.25) is 0 Å². The molecule has 0 aromatic rings. The zero-order valence-corrected chi connectivity index (χ0v) is 9.53. The summed E-state index contributed by atoms with van der Waals surface area (Å²) in [5.41, 5.74) is 0. The van der Waals surface area contributed by atoms with Crippen molar-refractivity contribution in [2.45, 2.75) is 32.2 Å². The Bertz CT molecular complexity index is 202. The summed E-state index contributed by atoms with van der Waals surface area (Å²) in [6.45, 7) is 3.62. The van der Waals surface area contributed by atoms with E-state index in [1.807, 2.05) is 14.0 Å². The Hall–Kier alpha value is -0.610. The molecule has 15 heavy (non-hydrogen) atoms. The van der Waals surface area contributed by atoms with E-state index in [2.05, 4.69) is 5.32 Å². The average Bonchev–Trinajstić information content (AvgIpc) is 2.19. The Morgan fingerprint density at radius 1 is 1.53 bits per heavy atom. The maximum atomic E-state index is 10.7. The molecule has 1 heterocycles. The molecule has 2 N–H and O–H groups in total. The molecule has 0 aromatic carbocycles. The first-order valence-electron chi connectivity index (χ1n) is 5.62. The lowest BCUT2D eigenvalue weighted by molar-refractivity contribution is -0.138. The quantitative estimate of drug-likeness (QED) is 0.721. The fraction of sp³-hybridized carbons (Fsp3) is 0.909. The van der Waals surface area contributed by atoms with Crippen molar-refractivity contribution in [3.8, 4) is 0 Å². The van der Waals surface area contributed by atoms with Crippen molar-refractivity contribution in [1.82, 2.24) is 5.32 Å². The molecule has 88 valence electrons. The van der Waals surface area contributed by atoms with Crippen LogP contribution in [0.25, 0.3) is 0 Å². The van der Waals surface area contributed by atoms with Crippen LogP contribution in [0, 0.1) is 11.8 Å². The van der Waals surface area contributed by atoms with Gasteiger partial charge in [0.1, 0.15) is 0 Å². The Labute approximate surface area is 91.0 Å². The highest BCUT2D eigenvalue weighted by Crippen LogP contribution is 2.25. The van der Waals surface area contributed by atoms with Crippen LogP contribution in [0.3, 0.4) is 0 Å². The fourth-order valence-electron chi connectivity index (χ4n) is 2.46. The third-order valence-corrected chi connectivity index (χ3v) is 3.22. The molecule has 4 nitrogen and oxygen atoms in total. The number of carboxylic acid groups (broad SMARTS) is 1. The Morgan fingerprint density at radius 3 is 2.60 bits per heavy atom. The molecule has 1 rings (SSSR count). The minimum absolute atomic E-state index is 0.176. The van der Waals surface area contributed by atoms with Gasteiger partial charge in [-0.2, -0.15) is 0 Å². The van der Waals surface area contributed by atoms with Crippen molar-refractivity contribution in [3.05, 3.63) is 0 Å². The van der Waals surface area contributed by atoms with Gasteiger partial charge in [0.15, 0.2) is 0 Å². The van der Waals surface area contributed by atoms with Crippen LogP contribution < -0.4 is 5.32 Å². The van der Waals surface area contributed by atoms with Gasteiger partial charge < -0.3 is 15.2 Å². The lowest BCUT2D eigenvalue weighted by Crippen LogP contribution is -2.42. The van der Waals surface area contributed by atoms with Crippen molar-refractivity contribution < 1.29 is 14.6 Å². The molecule has 0 amide bonds. The highest BCUT2D eigenvalue weighted by Gasteiger charge is 2.28. The van der Waals surface area contributed by atoms with Crippen LogP contribution in [0.15, 0.2) is 0 Å². The van der Waals surface area contributed by atoms with Crippen LogP contribution in [-0.2, 0) is 9.53 Å². The van der Waals surface area contributed by atoms with Crippen LogP contribution >= 0.6 is 0 Å². The SMILES string of the molecule is CNC(C(C)CC(=O)O)C1CCOCC1. The second-order valence-corrected chi connectivity index (χ2v) is 4.34. The maximum absolute atomic E-state index is 10.7. The lowest BCUT2D eigenvalue weighted by Gasteiger charge is -2.33. The first-order valence-corrected chi connectivity index (χ1v) is 5.62. The minimum atomic E-state index is -0.713. The van der Waals surface area contributed by atoms with E-state index in [0.29, 0.717) is 12.0 Å². The summed E-state index contributed by atoms with van der Waals surface area (Å²) in [7, 11) is 1.92. The predicted molar refractivity (Wildman–Crippen MR) is 57.8 cm³/mol. The number of aliphatic carboxylic acids is 1. The summed E-state index contributed by atoms with van der Waals surface area (Å²) >= 11 is 0. The van der Waals surface area contributed by atoms with Crippen molar-refractivity contribution in [3.63, 3.8) is 0 Å². The highest BCUT2D eigenvalue weighted by molar-refractivity contribution is 5.67. The summed E-state index contributed by atoms with van der Waals surface area (Å²) in [6.07, 6.45) is 2.31. The molecule has 0 spiro atoms. The second kappa shape index (κ2) is 6.08. The van der Waals surface area contributed by atoms with E-state index in [9.17, 15) is 4.79 Å². The third-order valence-electron chi connectivity index (χ3n) is 3.22. The molecule has 0 aromatic heterocycles. The van der Waals surface area contributed by atoms with Crippen molar-refractivity contribution >= 4 is 5.97 Å². The van der Waals surface area contributed by atoms with E-state index in [4.69, 9.17) is 9.84 Å². The predicted octanol–water partition coefficient (Wildman–Crippen LogP) is 1.11. The first kappa shape index (κ1) is 12.5. The van der Waals surface area contributed by atoms with Gasteiger partial charge in [-0.25, -0.2) is 0 Å². The molecule has 0 bridgehead atoms. The van der Waals surface area contributed by atoms with Crippen molar-refractivity contribution in [2.24, 2.45) is 11.8 Å². The van der Waals surface area contributed by atoms with E-state index in [1.165, 1.54) is 0 Å². The standard InChI is InChI=1S/C11H21NO3/c1-8(7-10(13)14)11(12-2)9-3-5-15-6-4-9/h8-9,11-12H,3-7H2,1-2H3,(H,13,14). The Balaban J connectivity index is 2.48. The minimum Gasteiger partial charge on any atom is -0.481 e. The van der Waals surface area contributed by atoms with Crippen LogP contribution in [0.5, 0.6) is 0 Å². The average molecular weight is 215 g/mol. The molecule has 4 heteroatoms. The smallest absolute Gasteiger partial charge is 0.303 e. The Morgan fingerprint density at radius 2 is 2.13 bits per heavy atom. The monoisotopic (exact) mass is 215 g/mol. The summed E-state index contributed by atoms with van der Waals surface area (Å²) in [5.74, 6) is 0.0171. The van der Waals surface area contributed by atoms with Gasteiger partial charge in [0, 0.05) is 25.7 Å². The summed E-state index contributed by atoms with van der Waals surface area (Å²) in [6, 6.07) is 0.296. The summed E-state index contributed by atoms with van der Waals surface area (Å²) in [4.78, 5) is 10.7. The fourth-order valence-corrected chi connectivity index (χ4v) is 2.46. The van der Waals surface area contributed by atoms with Crippen molar-refractivity contribution in [2.75, 3.05) is 20.3 Å². The van der Waals surface area contributed by atoms with Gasteiger partial charge in [-0.3, -0.25) is 4.79 Å². The zero-order valence-electron chi connectivity index (χ0n) is 9.53. The third kappa shape index (κ3) is 3.80. The molecule has 1 fully saturated rings. The summed E-state index contributed by atoms with van der Waals surface area (Å²) in [5, 5.41) is 12.0. The van der Waals surface area contributed by atoms with Crippen molar-refractivity contribution in [1.29, 1.82) is 0 Å². The van der Waals surface area contributed by atoms with Crippen LogP contribution in [-0.4, -0.2) is 37.4 Å². The largest absolute Gasteiger partial charge is 0.481 e. The number of nitrogens with one attached hydrogen (secondary N) is 1. The number of hydrogen-bond acceptors (Lipinski definition) is 3. The number of carboxylic acids is 1. The molecular weight excluding hydrogens is 194 g/mol. The molecule has 1 aliphatic heterocycles. The molecule has 0 aliphatic carbocycles. The number of carbonyl (C=O) groups is 1. The maximum Gasteiger partial charge on any atom is 0.303 e. The molecule has 2 unspecified atom stereocenters. The second-order valence-electron chi connectivity index (χ2n) is 4.34. The van der Waals surface area contributed by atoms with Gasteiger partial charge in [-0.1, -0.05) is 6.92 Å².